The minimum absolute atomic E-state index is 0.114. The lowest BCUT2D eigenvalue weighted by molar-refractivity contribution is 0.0972. The van der Waals surface area contributed by atoms with Crippen molar-refractivity contribution in [2.75, 3.05) is 0 Å². The predicted octanol–water partition coefficient (Wildman–Crippen LogP) is 6.21. The van der Waals surface area contributed by atoms with Gasteiger partial charge in [0.2, 0.25) is 0 Å². The Labute approximate surface area is 279 Å². The fourth-order valence-corrected chi connectivity index (χ4v) is 10.6. The Kier molecular flexibility index (Phi) is 9.67. The van der Waals surface area contributed by atoms with Gasteiger partial charge < -0.3 is 4.57 Å². The van der Waals surface area contributed by atoms with Crippen LogP contribution in [0.15, 0.2) is 125 Å². The molecule has 0 bridgehead atoms. The first-order valence-corrected chi connectivity index (χ1v) is 18.3. The number of nitrogens with zero attached hydrogens (tertiary/aromatic N) is 4. The molecule has 0 aliphatic rings. The minimum atomic E-state index is -2.47. The summed E-state index contributed by atoms with van der Waals surface area (Å²) in [4.78, 5) is 47.0. The number of halogens is 1. The second-order valence-electron chi connectivity index (χ2n) is 11.6. The Balaban J connectivity index is 1.68. The highest BCUT2D eigenvalue weighted by molar-refractivity contribution is 7.95. The topological polar surface area (TPSA) is 78.9 Å². The molecule has 238 valence electrons. The van der Waals surface area contributed by atoms with E-state index in [0.29, 0.717) is 47.6 Å². The fraction of sp³-hybridized carbons (Fsp3) is 0.211. The van der Waals surface area contributed by atoms with Crippen molar-refractivity contribution in [3.63, 3.8) is 0 Å². The summed E-state index contributed by atoms with van der Waals surface area (Å²) in [5.74, 6) is 0.405. The summed E-state index contributed by atoms with van der Waals surface area (Å²) in [5, 5.41) is 3.97. The van der Waals surface area contributed by atoms with Crippen LogP contribution in [-0.4, -0.2) is 24.5 Å². The molecule has 0 unspecified atom stereocenters. The lowest BCUT2D eigenvalue weighted by Crippen LogP contribution is -2.40. The number of rotatable bonds is 12. The van der Waals surface area contributed by atoms with Crippen molar-refractivity contribution >= 4 is 51.7 Å². The number of hydrogen-bond acceptors (Lipinski definition) is 4. The monoisotopic (exact) mass is 663 g/mol. The van der Waals surface area contributed by atoms with E-state index in [1.165, 1.54) is 4.57 Å². The van der Waals surface area contributed by atoms with E-state index >= 15 is 0 Å². The van der Waals surface area contributed by atoms with Crippen molar-refractivity contribution in [1.82, 2.24) is 18.7 Å². The molecular formula is C38H37ClN4O3P+. The third kappa shape index (κ3) is 6.14. The van der Waals surface area contributed by atoms with Crippen LogP contribution in [0.5, 0.6) is 0 Å². The largest absolute Gasteiger partial charge is 0.332 e. The Morgan fingerprint density at radius 3 is 1.66 bits per heavy atom. The van der Waals surface area contributed by atoms with Crippen LogP contribution in [0.25, 0.3) is 11.2 Å². The molecule has 47 heavy (non-hydrogen) atoms. The average Bonchev–Trinajstić information content (AvgIpc) is 3.46. The number of aromatic nitrogens is 4. The van der Waals surface area contributed by atoms with E-state index < -0.39 is 12.8 Å². The SMILES string of the molecule is CCCn1c(=O)c2c(nc(C[P+](c3ccccc3)(c3ccccc3)c3ccccc3)n2CC(=O)c2ccc(Cl)cc2)n(CCC)c1=O. The van der Waals surface area contributed by atoms with Gasteiger partial charge in [-0.25, -0.2) is 9.78 Å². The molecule has 9 heteroatoms. The van der Waals surface area contributed by atoms with Crippen LogP contribution in [0.4, 0.5) is 0 Å². The molecule has 0 radical (unpaired) electrons. The van der Waals surface area contributed by atoms with E-state index in [-0.39, 0.29) is 30.1 Å². The smallest absolute Gasteiger partial charge is 0.311 e. The van der Waals surface area contributed by atoms with Crippen LogP contribution in [0.2, 0.25) is 5.02 Å². The first-order chi connectivity index (χ1) is 22.9. The molecule has 0 atom stereocenters. The molecule has 2 heterocycles. The lowest BCUT2D eigenvalue weighted by atomic mass is 10.1. The quantitative estimate of drug-likeness (QED) is 0.115. The highest BCUT2D eigenvalue weighted by Gasteiger charge is 2.47. The molecule has 4 aromatic carbocycles. The summed E-state index contributed by atoms with van der Waals surface area (Å²) in [7, 11) is -2.47. The van der Waals surface area contributed by atoms with Crippen LogP contribution in [0.1, 0.15) is 42.9 Å². The average molecular weight is 664 g/mol. The fourth-order valence-electron chi connectivity index (χ4n) is 6.32. The standard InChI is InChI=1S/C38H37ClN4O3P/c1-3-24-41-36-35(37(45)42(25-4-2)38(41)46)43(26-33(44)28-20-22-29(39)23-21-28)34(40-36)27-47(30-14-8-5-9-15-30,31-16-10-6-11-17-31)32-18-12-7-13-19-32/h5-23H,3-4,24-27H2,1-2H3/q+1. The maximum absolute atomic E-state index is 14.2. The molecule has 0 N–H and O–H groups in total. The van der Waals surface area contributed by atoms with Gasteiger partial charge in [-0.2, -0.15) is 0 Å². The normalized spacial score (nSPS) is 11.6. The summed E-state index contributed by atoms with van der Waals surface area (Å²) in [6, 6.07) is 38.0. The minimum Gasteiger partial charge on any atom is -0.311 e. The van der Waals surface area contributed by atoms with E-state index in [1.807, 2.05) is 68.4 Å². The molecule has 0 amide bonds. The van der Waals surface area contributed by atoms with Crippen LogP contribution >= 0.6 is 18.9 Å². The molecule has 0 saturated carbocycles. The van der Waals surface area contributed by atoms with Gasteiger partial charge in [0.15, 0.2) is 22.8 Å². The first-order valence-electron chi connectivity index (χ1n) is 16.0. The molecule has 0 aliphatic carbocycles. The zero-order valence-corrected chi connectivity index (χ0v) is 28.2. The molecule has 0 fully saturated rings. The number of carbonyl (C=O) groups is 1. The summed E-state index contributed by atoms with van der Waals surface area (Å²) >= 11 is 6.14. The molecule has 7 nitrogen and oxygen atoms in total. The summed E-state index contributed by atoms with van der Waals surface area (Å²) in [5.41, 5.74) is 0.274. The van der Waals surface area contributed by atoms with Gasteiger partial charge in [0.05, 0.1) is 6.54 Å². The lowest BCUT2D eigenvalue weighted by Gasteiger charge is -2.27. The van der Waals surface area contributed by atoms with Gasteiger partial charge in [-0.05, 0) is 73.5 Å². The number of aryl methyl sites for hydroxylation is 1. The van der Waals surface area contributed by atoms with Gasteiger partial charge >= 0.3 is 5.69 Å². The Morgan fingerprint density at radius 1 is 0.681 bits per heavy atom. The second-order valence-corrected chi connectivity index (χ2v) is 15.5. The maximum Gasteiger partial charge on any atom is 0.332 e. The molecule has 6 aromatic rings. The van der Waals surface area contributed by atoms with Crippen molar-refractivity contribution in [3.8, 4) is 0 Å². The summed E-state index contributed by atoms with van der Waals surface area (Å²) < 4.78 is 4.67. The Morgan fingerprint density at radius 2 is 1.17 bits per heavy atom. The third-order valence-corrected chi connectivity index (χ3v) is 13.1. The van der Waals surface area contributed by atoms with E-state index in [9.17, 15) is 14.4 Å². The van der Waals surface area contributed by atoms with Crippen LogP contribution in [-0.2, 0) is 25.8 Å². The number of carbonyl (C=O) groups excluding carboxylic acids is 1. The maximum atomic E-state index is 14.2. The number of fused-ring (bicyclic) bond motifs is 1. The van der Waals surface area contributed by atoms with Gasteiger partial charge in [-0.15, -0.1) is 0 Å². The van der Waals surface area contributed by atoms with Gasteiger partial charge in [-0.3, -0.25) is 18.7 Å². The van der Waals surface area contributed by atoms with Gasteiger partial charge in [0, 0.05) is 23.7 Å². The number of imidazole rings is 1. The van der Waals surface area contributed by atoms with E-state index in [4.69, 9.17) is 16.6 Å². The highest BCUT2D eigenvalue weighted by Crippen LogP contribution is 2.58. The molecule has 2 aromatic heterocycles. The van der Waals surface area contributed by atoms with Crippen LogP contribution < -0.4 is 27.2 Å². The Hall–Kier alpha value is -4.58. The van der Waals surface area contributed by atoms with E-state index in [0.717, 1.165) is 15.9 Å². The van der Waals surface area contributed by atoms with E-state index in [2.05, 4.69) is 36.4 Å². The molecule has 0 spiro atoms. The van der Waals surface area contributed by atoms with Gasteiger partial charge in [0.1, 0.15) is 29.3 Å². The summed E-state index contributed by atoms with van der Waals surface area (Å²) in [6.07, 6.45) is 1.73. The van der Waals surface area contributed by atoms with Crippen LogP contribution in [0, 0.1) is 0 Å². The zero-order chi connectivity index (χ0) is 33.0. The van der Waals surface area contributed by atoms with Crippen molar-refractivity contribution in [2.45, 2.75) is 52.5 Å². The molecular weight excluding hydrogens is 627 g/mol. The molecule has 0 saturated heterocycles. The second kappa shape index (κ2) is 14.0. The van der Waals surface area contributed by atoms with Crippen molar-refractivity contribution < 1.29 is 4.79 Å². The third-order valence-electron chi connectivity index (χ3n) is 8.53. The highest BCUT2D eigenvalue weighted by atomic mass is 35.5. The molecule has 6 rings (SSSR count). The van der Waals surface area contributed by atoms with Gasteiger partial charge in [-0.1, -0.05) is 80.0 Å². The van der Waals surface area contributed by atoms with Crippen molar-refractivity contribution in [3.05, 3.63) is 153 Å². The molecule has 0 aliphatic heterocycles. The number of hydrogen-bond donors (Lipinski definition) is 0. The zero-order valence-electron chi connectivity index (χ0n) is 26.6. The van der Waals surface area contributed by atoms with Crippen molar-refractivity contribution in [2.24, 2.45) is 0 Å². The Bertz CT molecular complexity index is 2030. The van der Waals surface area contributed by atoms with Gasteiger partial charge in [0.25, 0.3) is 5.56 Å². The predicted molar refractivity (Wildman–Crippen MR) is 193 cm³/mol. The number of ketones is 1. The number of benzene rings is 4. The van der Waals surface area contributed by atoms with Crippen LogP contribution in [0.3, 0.4) is 0 Å². The summed E-state index contributed by atoms with van der Waals surface area (Å²) in [6.45, 7) is 4.49. The van der Waals surface area contributed by atoms with E-state index in [1.54, 1.807) is 33.4 Å². The van der Waals surface area contributed by atoms with Crippen molar-refractivity contribution in [1.29, 1.82) is 0 Å². The first kappa shape index (κ1) is 32.4. The number of Topliss-reactive ketones (excluding diaryl/α,β-unsaturated/α-hetero) is 1.